The predicted molar refractivity (Wildman–Crippen MR) is 124 cm³/mol. The van der Waals surface area contributed by atoms with E-state index in [4.69, 9.17) is 16.3 Å². The zero-order valence-corrected chi connectivity index (χ0v) is 18.6. The molecule has 1 aromatic heterocycles. The number of ether oxygens (including phenoxy) is 1. The average Bonchev–Trinajstić information content (AvgIpc) is 3.11. The minimum atomic E-state index is -0.726. The van der Waals surface area contributed by atoms with Gasteiger partial charge in [-0.2, -0.15) is 0 Å². The summed E-state index contributed by atoms with van der Waals surface area (Å²) in [6.45, 7) is 3.67. The fourth-order valence-corrected chi connectivity index (χ4v) is 3.77. The lowest BCUT2D eigenvalue weighted by Gasteiger charge is -2.09. The van der Waals surface area contributed by atoms with E-state index in [2.05, 4.69) is 22.2 Å². The number of hydrogen-bond donors (Lipinski definition) is 2. The summed E-state index contributed by atoms with van der Waals surface area (Å²) in [5.74, 6) is -1.38. The summed E-state index contributed by atoms with van der Waals surface area (Å²) in [5.41, 5.74) is 2.69. The number of amides is 3. The van der Waals surface area contributed by atoms with Gasteiger partial charge in [-0.25, -0.2) is 9.78 Å². The van der Waals surface area contributed by atoms with Crippen LogP contribution >= 0.6 is 23.4 Å². The number of rotatable bonds is 9. The minimum Gasteiger partial charge on any atom is -0.455 e. The number of hydrogen-bond acceptors (Lipinski definition) is 6. The van der Waals surface area contributed by atoms with Gasteiger partial charge in [0.2, 0.25) is 0 Å². The van der Waals surface area contributed by atoms with Crippen LogP contribution in [0.5, 0.6) is 0 Å². The quantitative estimate of drug-likeness (QED) is 0.281. The number of esters is 1. The Kier molecular flexibility index (Phi) is 8.29. The maximum atomic E-state index is 12.1. The van der Waals surface area contributed by atoms with Crippen molar-refractivity contribution < 1.29 is 19.1 Å². The molecule has 166 valence electrons. The van der Waals surface area contributed by atoms with E-state index in [0.717, 1.165) is 11.1 Å². The van der Waals surface area contributed by atoms with Crippen LogP contribution in [-0.2, 0) is 20.9 Å². The second kappa shape index (κ2) is 11.4. The second-order valence-corrected chi connectivity index (χ2v) is 7.97. The van der Waals surface area contributed by atoms with Gasteiger partial charge in [0.1, 0.15) is 0 Å². The van der Waals surface area contributed by atoms with Gasteiger partial charge in [-0.15, -0.1) is 6.58 Å². The molecule has 0 spiro atoms. The van der Waals surface area contributed by atoms with E-state index >= 15 is 0 Å². The van der Waals surface area contributed by atoms with E-state index in [1.54, 1.807) is 12.1 Å². The van der Waals surface area contributed by atoms with Gasteiger partial charge in [-0.1, -0.05) is 59.8 Å². The number of nitrogens with one attached hydrogen (secondary N) is 2. The molecule has 0 unspecified atom stereocenters. The Morgan fingerprint density at radius 1 is 1.19 bits per heavy atom. The first-order valence-electron chi connectivity index (χ1n) is 9.63. The zero-order valence-electron chi connectivity index (χ0n) is 17.0. The average molecular weight is 473 g/mol. The first-order chi connectivity index (χ1) is 15.5. The number of carbonyl (C=O) groups is 3. The third-order valence-corrected chi connectivity index (χ3v) is 5.39. The highest BCUT2D eigenvalue weighted by Crippen LogP contribution is 2.27. The molecular formula is C22H21ClN4O4S. The monoisotopic (exact) mass is 472 g/mol. The molecule has 0 saturated heterocycles. The van der Waals surface area contributed by atoms with Crippen molar-refractivity contribution in [2.45, 2.75) is 11.7 Å². The molecule has 0 atom stereocenters. The van der Waals surface area contributed by atoms with E-state index in [1.165, 1.54) is 17.8 Å². The molecule has 0 bridgehead atoms. The molecule has 0 saturated carbocycles. The molecule has 8 nitrogen and oxygen atoms in total. The van der Waals surface area contributed by atoms with Crippen LogP contribution in [0.4, 0.5) is 4.79 Å². The first kappa shape index (κ1) is 23.4. The summed E-state index contributed by atoms with van der Waals surface area (Å²) >= 11 is 7.30. The molecule has 10 heteroatoms. The number of imide groups is 1. The van der Waals surface area contributed by atoms with Gasteiger partial charge in [0.05, 0.1) is 23.3 Å². The van der Waals surface area contributed by atoms with E-state index < -0.39 is 24.5 Å². The molecule has 1 heterocycles. The van der Waals surface area contributed by atoms with Gasteiger partial charge in [0.25, 0.3) is 5.91 Å². The molecule has 0 radical (unpaired) electrons. The van der Waals surface area contributed by atoms with E-state index in [1.807, 2.05) is 41.0 Å². The van der Waals surface area contributed by atoms with Crippen molar-refractivity contribution in [2.24, 2.45) is 0 Å². The van der Waals surface area contributed by atoms with Gasteiger partial charge in [0, 0.05) is 11.6 Å². The Bertz CT molecular complexity index is 1130. The third kappa shape index (κ3) is 6.60. The van der Waals surface area contributed by atoms with Gasteiger partial charge in [-0.3, -0.25) is 14.9 Å². The maximum Gasteiger partial charge on any atom is 0.321 e. The number of benzene rings is 2. The van der Waals surface area contributed by atoms with Gasteiger partial charge in [-0.05, 0) is 23.8 Å². The summed E-state index contributed by atoms with van der Waals surface area (Å²) in [6.07, 6.45) is 1.47. The van der Waals surface area contributed by atoms with E-state index in [0.29, 0.717) is 22.2 Å². The standard InChI is InChI=1S/C22H21ClN4O4S/c1-2-10-24-21(30)26-19(28)13-31-20(29)14-32-22-25-17-11-16(23)8-9-18(17)27(22)12-15-6-4-3-5-7-15/h2-9,11H,1,10,12-14H2,(H2,24,26,28,30). The van der Waals surface area contributed by atoms with Crippen molar-refractivity contribution in [3.8, 4) is 0 Å². The Labute approximate surface area is 194 Å². The summed E-state index contributed by atoms with van der Waals surface area (Å²) in [4.78, 5) is 39.8. The molecule has 3 amide bonds. The molecule has 3 aromatic rings. The number of urea groups is 1. The summed E-state index contributed by atoms with van der Waals surface area (Å²) in [7, 11) is 0. The fraction of sp³-hybridized carbons (Fsp3) is 0.182. The highest BCUT2D eigenvalue weighted by Gasteiger charge is 2.16. The van der Waals surface area contributed by atoms with Crippen LogP contribution in [0.15, 0.2) is 66.3 Å². The molecule has 0 aliphatic carbocycles. The lowest BCUT2D eigenvalue weighted by atomic mass is 10.2. The van der Waals surface area contributed by atoms with Gasteiger partial charge >= 0.3 is 12.0 Å². The van der Waals surface area contributed by atoms with Crippen molar-refractivity contribution in [2.75, 3.05) is 18.9 Å². The van der Waals surface area contributed by atoms with Crippen LogP contribution in [0.3, 0.4) is 0 Å². The molecule has 3 rings (SSSR count). The second-order valence-electron chi connectivity index (χ2n) is 6.60. The number of carbonyl (C=O) groups excluding carboxylic acids is 3. The van der Waals surface area contributed by atoms with Crippen molar-refractivity contribution in [1.29, 1.82) is 0 Å². The first-order valence-corrected chi connectivity index (χ1v) is 11.0. The van der Waals surface area contributed by atoms with Crippen molar-refractivity contribution >= 4 is 52.3 Å². The van der Waals surface area contributed by atoms with Crippen molar-refractivity contribution in [3.05, 3.63) is 71.8 Å². The van der Waals surface area contributed by atoms with Crippen molar-refractivity contribution in [3.63, 3.8) is 0 Å². The Hall–Kier alpha value is -3.30. The topological polar surface area (TPSA) is 102 Å². The number of imidazole rings is 1. The number of fused-ring (bicyclic) bond motifs is 1. The highest BCUT2D eigenvalue weighted by molar-refractivity contribution is 7.99. The number of halogens is 1. The molecule has 0 aliphatic rings. The smallest absolute Gasteiger partial charge is 0.321 e. The number of aromatic nitrogens is 2. The van der Waals surface area contributed by atoms with Crippen LogP contribution in [-0.4, -0.2) is 46.4 Å². The van der Waals surface area contributed by atoms with Crippen LogP contribution in [0.2, 0.25) is 5.02 Å². The maximum absolute atomic E-state index is 12.1. The molecular weight excluding hydrogens is 452 g/mol. The molecule has 0 aliphatic heterocycles. The van der Waals surface area contributed by atoms with Gasteiger partial charge in [0.15, 0.2) is 11.8 Å². The molecule has 2 N–H and O–H groups in total. The fourth-order valence-electron chi connectivity index (χ4n) is 2.79. The minimum absolute atomic E-state index is 0.0538. The predicted octanol–water partition coefficient (Wildman–Crippen LogP) is 3.39. The summed E-state index contributed by atoms with van der Waals surface area (Å²) in [6, 6.07) is 14.6. The lowest BCUT2D eigenvalue weighted by molar-refractivity contribution is -0.145. The molecule has 32 heavy (non-hydrogen) atoms. The SMILES string of the molecule is C=CCNC(=O)NC(=O)COC(=O)CSc1nc2cc(Cl)ccc2n1Cc1ccccc1. The number of thioether (sulfide) groups is 1. The highest BCUT2D eigenvalue weighted by atomic mass is 35.5. The normalized spacial score (nSPS) is 10.5. The van der Waals surface area contributed by atoms with Crippen LogP contribution in [0.25, 0.3) is 11.0 Å². The molecule has 2 aromatic carbocycles. The summed E-state index contributed by atoms with van der Waals surface area (Å²) in [5, 5.41) is 5.63. The Morgan fingerprint density at radius 3 is 2.72 bits per heavy atom. The molecule has 0 fully saturated rings. The van der Waals surface area contributed by atoms with Crippen molar-refractivity contribution in [1.82, 2.24) is 20.2 Å². The van der Waals surface area contributed by atoms with E-state index in [-0.39, 0.29) is 12.3 Å². The lowest BCUT2D eigenvalue weighted by Crippen LogP contribution is -2.41. The van der Waals surface area contributed by atoms with E-state index in [9.17, 15) is 14.4 Å². The Morgan fingerprint density at radius 2 is 1.97 bits per heavy atom. The van der Waals surface area contributed by atoms with Gasteiger partial charge < -0.3 is 14.6 Å². The van der Waals surface area contributed by atoms with Crippen LogP contribution in [0.1, 0.15) is 5.56 Å². The van der Waals surface area contributed by atoms with Crippen LogP contribution in [0, 0.1) is 0 Å². The summed E-state index contributed by atoms with van der Waals surface area (Å²) < 4.78 is 6.95. The largest absolute Gasteiger partial charge is 0.455 e. The number of nitrogens with zero attached hydrogens (tertiary/aromatic N) is 2. The third-order valence-electron chi connectivity index (χ3n) is 4.20. The zero-order chi connectivity index (χ0) is 22.9. The van der Waals surface area contributed by atoms with Crippen LogP contribution < -0.4 is 10.6 Å². The Balaban J connectivity index is 1.62.